The quantitative estimate of drug-likeness (QED) is 0.688. The highest BCUT2D eigenvalue weighted by Crippen LogP contribution is 2.23. The average molecular weight is 257 g/mol. The normalized spacial score (nSPS) is 18.0. The van der Waals surface area contributed by atoms with Crippen LogP contribution in [0.3, 0.4) is 0 Å². The van der Waals surface area contributed by atoms with Gasteiger partial charge in [0.2, 0.25) is 0 Å². The van der Waals surface area contributed by atoms with E-state index in [9.17, 15) is 8.92 Å². The molecule has 2 N–H and O–H groups in total. The molecule has 1 aliphatic rings. The molecule has 0 aromatic carbocycles. The first-order chi connectivity index (χ1) is 7.86. The fourth-order valence-electron chi connectivity index (χ4n) is 1.86. The van der Waals surface area contributed by atoms with Crippen LogP contribution in [0.1, 0.15) is 25.7 Å². The van der Waals surface area contributed by atoms with Crippen molar-refractivity contribution in [2.24, 2.45) is 5.92 Å². The molecule has 1 unspecified atom stereocenters. The van der Waals surface area contributed by atoms with E-state index in [0.717, 1.165) is 12.5 Å². The Balaban J connectivity index is 0.00000106. The Morgan fingerprint density at radius 1 is 1.44 bits per heavy atom. The standard InChI is InChI=1S/C9H18FNO2S.CH3F/c10-13-9(7-14-12)6-11-5-8-3-1-2-4-8;1-2/h8-9,11-12H,1-7H2;1H3. The van der Waals surface area contributed by atoms with Gasteiger partial charge in [0.15, 0.2) is 0 Å². The maximum Gasteiger partial charge on any atom is 0.122 e. The Morgan fingerprint density at radius 3 is 2.56 bits per heavy atom. The molecule has 0 spiro atoms. The third-order valence-electron chi connectivity index (χ3n) is 2.67. The van der Waals surface area contributed by atoms with Crippen molar-refractivity contribution in [3.05, 3.63) is 0 Å². The first-order valence-electron chi connectivity index (χ1n) is 5.49. The number of hydrogen-bond acceptors (Lipinski definition) is 4. The van der Waals surface area contributed by atoms with Crippen molar-refractivity contribution in [3.8, 4) is 0 Å². The number of halogens is 2. The molecule has 0 aliphatic heterocycles. The van der Waals surface area contributed by atoms with Crippen molar-refractivity contribution >= 4 is 12.0 Å². The molecule has 1 atom stereocenters. The second kappa shape index (κ2) is 11.6. The van der Waals surface area contributed by atoms with Gasteiger partial charge in [-0.1, -0.05) is 12.8 Å². The molecule has 1 rings (SSSR count). The summed E-state index contributed by atoms with van der Waals surface area (Å²) in [5.74, 6) is 1.02. The highest BCUT2D eigenvalue weighted by molar-refractivity contribution is 7.93. The van der Waals surface area contributed by atoms with Crippen LogP contribution in [0.2, 0.25) is 0 Å². The molecule has 0 amide bonds. The van der Waals surface area contributed by atoms with E-state index in [2.05, 4.69) is 10.3 Å². The number of hydrogen-bond donors (Lipinski definition) is 2. The number of nitrogens with one attached hydrogen (secondary N) is 1. The predicted molar refractivity (Wildman–Crippen MR) is 62.9 cm³/mol. The molecular formula is C10H21F2NO2S. The fraction of sp³-hybridized carbons (Fsp3) is 1.00. The van der Waals surface area contributed by atoms with Crippen molar-refractivity contribution in [2.75, 3.05) is 26.0 Å². The molecule has 0 aromatic heterocycles. The van der Waals surface area contributed by atoms with E-state index in [-0.39, 0.29) is 5.75 Å². The third kappa shape index (κ3) is 7.38. The van der Waals surface area contributed by atoms with E-state index in [0.29, 0.717) is 25.8 Å². The predicted octanol–water partition coefficient (Wildman–Crippen LogP) is 2.83. The lowest BCUT2D eigenvalue weighted by molar-refractivity contribution is -0.169. The van der Waals surface area contributed by atoms with Crippen molar-refractivity contribution in [1.82, 2.24) is 5.32 Å². The topological polar surface area (TPSA) is 41.5 Å². The van der Waals surface area contributed by atoms with Crippen molar-refractivity contribution in [1.29, 1.82) is 0 Å². The monoisotopic (exact) mass is 257 g/mol. The van der Waals surface area contributed by atoms with Crippen LogP contribution in [0.15, 0.2) is 0 Å². The maximum absolute atomic E-state index is 11.9. The van der Waals surface area contributed by atoms with Crippen molar-refractivity contribution in [2.45, 2.75) is 31.8 Å². The van der Waals surface area contributed by atoms with Crippen LogP contribution in [-0.4, -0.2) is 36.7 Å². The van der Waals surface area contributed by atoms with E-state index in [1.54, 1.807) is 0 Å². The summed E-state index contributed by atoms with van der Waals surface area (Å²) in [6, 6.07) is 0. The van der Waals surface area contributed by atoms with E-state index < -0.39 is 6.10 Å². The zero-order valence-electron chi connectivity index (χ0n) is 9.62. The summed E-state index contributed by atoms with van der Waals surface area (Å²) in [5.41, 5.74) is 0. The lowest BCUT2D eigenvalue weighted by Gasteiger charge is -2.13. The summed E-state index contributed by atoms with van der Waals surface area (Å²) in [5, 5.41) is 3.17. The molecule has 1 fully saturated rings. The van der Waals surface area contributed by atoms with Gasteiger partial charge in [0.1, 0.15) is 6.10 Å². The van der Waals surface area contributed by atoms with Gasteiger partial charge in [0, 0.05) is 6.54 Å². The Morgan fingerprint density at radius 2 is 2.06 bits per heavy atom. The summed E-state index contributed by atoms with van der Waals surface area (Å²) in [6.45, 7) is 1.41. The zero-order chi connectivity index (χ0) is 12.2. The Hall–Kier alpha value is 0.0900. The summed E-state index contributed by atoms with van der Waals surface area (Å²) < 4.78 is 29.9. The van der Waals surface area contributed by atoms with Gasteiger partial charge in [0.05, 0.1) is 12.9 Å². The van der Waals surface area contributed by atoms with E-state index in [4.69, 9.17) is 4.55 Å². The zero-order valence-corrected chi connectivity index (χ0v) is 10.4. The second-order valence-corrected chi connectivity index (χ2v) is 4.41. The molecular weight excluding hydrogens is 236 g/mol. The number of alkyl halides is 1. The van der Waals surface area contributed by atoms with Crippen molar-refractivity contribution in [3.63, 3.8) is 0 Å². The van der Waals surface area contributed by atoms with E-state index in [1.165, 1.54) is 25.7 Å². The minimum atomic E-state index is -0.536. The number of rotatable bonds is 7. The van der Waals surface area contributed by atoms with Gasteiger partial charge in [-0.25, -0.2) is 0 Å². The Kier molecular flexibility index (Phi) is 11.6. The van der Waals surface area contributed by atoms with Crippen LogP contribution in [0, 0.1) is 5.92 Å². The van der Waals surface area contributed by atoms with Gasteiger partial charge >= 0.3 is 0 Å². The Labute approximate surface area is 100 Å². The van der Waals surface area contributed by atoms with E-state index >= 15 is 0 Å². The van der Waals surface area contributed by atoms with Crippen LogP contribution < -0.4 is 5.32 Å². The fourth-order valence-corrected chi connectivity index (χ4v) is 2.20. The lowest BCUT2D eigenvalue weighted by Crippen LogP contribution is -2.32. The molecule has 1 aliphatic carbocycles. The highest BCUT2D eigenvalue weighted by Gasteiger charge is 2.15. The van der Waals surface area contributed by atoms with Crippen LogP contribution in [0.5, 0.6) is 0 Å². The molecule has 0 bridgehead atoms. The summed E-state index contributed by atoms with van der Waals surface area (Å²) in [7, 11) is 0.500. The first-order valence-corrected chi connectivity index (χ1v) is 6.43. The van der Waals surface area contributed by atoms with Crippen LogP contribution in [0.25, 0.3) is 0 Å². The molecule has 98 valence electrons. The largest absolute Gasteiger partial charge is 0.330 e. The summed E-state index contributed by atoms with van der Waals surface area (Å²) >= 11 is 0.612. The first kappa shape index (κ1) is 16.1. The highest BCUT2D eigenvalue weighted by atomic mass is 32.2. The average Bonchev–Trinajstić information content (AvgIpc) is 2.83. The van der Waals surface area contributed by atoms with Gasteiger partial charge in [0.25, 0.3) is 0 Å². The molecule has 3 nitrogen and oxygen atoms in total. The molecule has 16 heavy (non-hydrogen) atoms. The van der Waals surface area contributed by atoms with Crippen LogP contribution >= 0.6 is 12.0 Å². The molecule has 0 heterocycles. The van der Waals surface area contributed by atoms with Gasteiger partial charge < -0.3 is 9.87 Å². The van der Waals surface area contributed by atoms with Gasteiger partial charge in [-0.15, -0.1) is 0 Å². The second-order valence-electron chi connectivity index (χ2n) is 3.82. The smallest absolute Gasteiger partial charge is 0.122 e. The minimum absolute atomic E-state index is 0.272. The molecule has 1 saturated carbocycles. The third-order valence-corrected chi connectivity index (χ3v) is 3.19. The van der Waals surface area contributed by atoms with Crippen LogP contribution in [0.4, 0.5) is 8.92 Å². The Bertz CT molecular complexity index is 149. The summed E-state index contributed by atoms with van der Waals surface area (Å²) in [6.07, 6.45) is 4.67. The molecule has 6 heteroatoms. The van der Waals surface area contributed by atoms with Crippen molar-refractivity contribution < 1.29 is 18.4 Å². The molecule has 0 saturated heterocycles. The maximum atomic E-state index is 11.9. The van der Waals surface area contributed by atoms with Gasteiger partial charge in [-0.3, -0.25) is 4.39 Å². The van der Waals surface area contributed by atoms with Crippen LogP contribution in [-0.2, 0) is 4.94 Å². The van der Waals surface area contributed by atoms with Gasteiger partial charge in [-0.05, 0) is 41.9 Å². The van der Waals surface area contributed by atoms with E-state index in [1.807, 2.05) is 0 Å². The lowest BCUT2D eigenvalue weighted by atomic mass is 10.1. The summed E-state index contributed by atoms with van der Waals surface area (Å²) in [4.78, 5) is 3.71. The minimum Gasteiger partial charge on any atom is -0.330 e. The van der Waals surface area contributed by atoms with Gasteiger partial charge in [-0.2, -0.15) is 4.94 Å². The molecule has 0 radical (unpaired) electrons. The molecule has 0 aromatic rings. The SMILES string of the molecule is CF.OSCC(CNCC1CCCC1)OF.